The summed E-state index contributed by atoms with van der Waals surface area (Å²) >= 11 is 5.92. The van der Waals surface area contributed by atoms with Gasteiger partial charge in [0.15, 0.2) is 16.4 Å². The number of phenolic OH excluding ortho intramolecular Hbond substituents is 1. The van der Waals surface area contributed by atoms with Crippen molar-refractivity contribution in [3.8, 4) is 5.75 Å². The SMILES string of the molecule is CS(=O)(=O)c1ccc(Cl)c(NC(=O)COC(=O)c2ccc(O)cc2)c1. The average Bonchev–Trinajstić information content (AvgIpc) is 2.54. The van der Waals surface area contributed by atoms with E-state index in [0.29, 0.717) is 0 Å². The molecule has 0 fully saturated rings. The maximum absolute atomic E-state index is 11.9. The number of carbonyl (C=O) groups is 2. The summed E-state index contributed by atoms with van der Waals surface area (Å²) in [4.78, 5) is 23.6. The Bertz CT molecular complexity index is 909. The van der Waals surface area contributed by atoms with E-state index in [1.807, 2.05) is 0 Å². The van der Waals surface area contributed by atoms with Gasteiger partial charge in [0.1, 0.15) is 5.75 Å². The highest BCUT2D eigenvalue weighted by Crippen LogP contribution is 2.25. The highest BCUT2D eigenvalue weighted by atomic mass is 35.5. The first-order valence-corrected chi connectivity index (χ1v) is 9.19. The van der Waals surface area contributed by atoms with Crippen LogP contribution < -0.4 is 5.32 Å². The lowest BCUT2D eigenvalue weighted by atomic mass is 10.2. The van der Waals surface area contributed by atoms with E-state index in [0.717, 1.165) is 6.26 Å². The van der Waals surface area contributed by atoms with Crippen molar-refractivity contribution in [3.63, 3.8) is 0 Å². The lowest BCUT2D eigenvalue weighted by molar-refractivity contribution is -0.119. The molecule has 9 heteroatoms. The molecule has 0 unspecified atom stereocenters. The normalized spacial score (nSPS) is 11.0. The van der Waals surface area contributed by atoms with Crippen LogP contribution in [0.5, 0.6) is 5.75 Å². The average molecular weight is 384 g/mol. The predicted molar refractivity (Wildman–Crippen MR) is 91.6 cm³/mol. The summed E-state index contributed by atoms with van der Waals surface area (Å²) in [6.45, 7) is -0.584. The third kappa shape index (κ3) is 5.20. The number of esters is 1. The van der Waals surface area contributed by atoms with Crippen LogP contribution in [0.4, 0.5) is 5.69 Å². The maximum atomic E-state index is 11.9. The highest BCUT2D eigenvalue weighted by molar-refractivity contribution is 7.90. The first-order chi connectivity index (χ1) is 11.7. The van der Waals surface area contributed by atoms with Crippen molar-refractivity contribution >= 4 is 39.0 Å². The smallest absolute Gasteiger partial charge is 0.338 e. The minimum absolute atomic E-state index is 0.00491. The van der Waals surface area contributed by atoms with E-state index in [1.54, 1.807) is 0 Å². The zero-order chi connectivity index (χ0) is 18.6. The van der Waals surface area contributed by atoms with Crippen molar-refractivity contribution in [3.05, 3.63) is 53.1 Å². The van der Waals surface area contributed by atoms with Gasteiger partial charge in [0, 0.05) is 6.26 Å². The minimum Gasteiger partial charge on any atom is -0.508 e. The Morgan fingerprint density at radius 2 is 1.80 bits per heavy atom. The highest BCUT2D eigenvalue weighted by Gasteiger charge is 2.14. The number of ether oxygens (including phenoxy) is 1. The molecule has 7 nitrogen and oxygen atoms in total. The summed E-state index contributed by atoms with van der Waals surface area (Å²) in [6, 6.07) is 9.20. The standard InChI is InChI=1S/C16H14ClNO6S/c1-25(22,23)12-6-7-13(17)14(8-12)18-15(20)9-24-16(21)10-2-4-11(19)5-3-10/h2-8,19H,9H2,1H3,(H,18,20). The second-order valence-corrected chi connectivity index (χ2v) is 7.51. The van der Waals surface area contributed by atoms with Crippen molar-refractivity contribution < 1.29 is 27.9 Å². The Morgan fingerprint density at radius 3 is 2.40 bits per heavy atom. The number of amides is 1. The minimum atomic E-state index is -3.46. The molecule has 132 valence electrons. The fourth-order valence-corrected chi connectivity index (χ4v) is 2.64. The molecule has 0 atom stereocenters. The monoisotopic (exact) mass is 383 g/mol. The van der Waals surface area contributed by atoms with Gasteiger partial charge >= 0.3 is 5.97 Å². The molecule has 0 aliphatic rings. The van der Waals surface area contributed by atoms with Gasteiger partial charge in [-0.15, -0.1) is 0 Å². The van der Waals surface area contributed by atoms with Gasteiger partial charge in [-0.05, 0) is 42.5 Å². The van der Waals surface area contributed by atoms with E-state index in [2.05, 4.69) is 5.32 Å². The van der Waals surface area contributed by atoms with Gasteiger partial charge in [0.25, 0.3) is 5.91 Å². The Morgan fingerprint density at radius 1 is 1.16 bits per heavy atom. The number of sulfone groups is 1. The van der Waals surface area contributed by atoms with Crippen molar-refractivity contribution in [2.75, 3.05) is 18.2 Å². The van der Waals surface area contributed by atoms with Gasteiger partial charge in [0.2, 0.25) is 0 Å². The molecule has 0 saturated carbocycles. The molecule has 0 heterocycles. The molecule has 0 radical (unpaired) electrons. The van der Waals surface area contributed by atoms with Gasteiger partial charge in [0.05, 0.1) is 21.2 Å². The number of anilines is 1. The quantitative estimate of drug-likeness (QED) is 0.766. The number of rotatable bonds is 5. The number of aromatic hydroxyl groups is 1. The van der Waals surface area contributed by atoms with E-state index < -0.39 is 28.3 Å². The molecule has 0 bridgehead atoms. The molecule has 0 spiro atoms. The Kier molecular flexibility index (Phi) is 5.66. The molecule has 25 heavy (non-hydrogen) atoms. The van der Waals surface area contributed by atoms with Gasteiger partial charge < -0.3 is 15.2 Å². The van der Waals surface area contributed by atoms with Crippen molar-refractivity contribution in [2.45, 2.75) is 4.90 Å². The molecule has 1 amide bonds. The van der Waals surface area contributed by atoms with E-state index >= 15 is 0 Å². The number of nitrogens with one attached hydrogen (secondary N) is 1. The number of halogens is 1. The first-order valence-electron chi connectivity index (χ1n) is 6.92. The number of carbonyl (C=O) groups excluding carboxylic acids is 2. The molecular formula is C16H14ClNO6S. The van der Waals surface area contributed by atoms with Gasteiger partial charge in [-0.25, -0.2) is 13.2 Å². The van der Waals surface area contributed by atoms with Crippen molar-refractivity contribution in [1.29, 1.82) is 0 Å². The number of hydrogen-bond acceptors (Lipinski definition) is 6. The lowest BCUT2D eigenvalue weighted by Gasteiger charge is -2.09. The molecule has 0 aliphatic heterocycles. The van der Waals surface area contributed by atoms with E-state index in [1.165, 1.54) is 42.5 Å². The third-order valence-corrected chi connectivity index (χ3v) is 4.52. The van der Waals surface area contributed by atoms with E-state index in [9.17, 15) is 18.0 Å². The molecule has 2 aromatic rings. The van der Waals surface area contributed by atoms with Crippen molar-refractivity contribution in [1.82, 2.24) is 0 Å². The van der Waals surface area contributed by atoms with Crippen LogP contribution >= 0.6 is 11.6 Å². The van der Waals surface area contributed by atoms with Crippen LogP contribution in [0.1, 0.15) is 10.4 Å². The zero-order valence-electron chi connectivity index (χ0n) is 13.0. The second-order valence-electron chi connectivity index (χ2n) is 5.09. The second kappa shape index (κ2) is 7.54. The molecular weight excluding hydrogens is 370 g/mol. The molecule has 0 aromatic heterocycles. The Labute approximate surface area is 149 Å². The molecule has 0 aliphatic carbocycles. The van der Waals surface area contributed by atoms with Crippen LogP contribution in [0.3, 0.4) is 0 Å². The number of phenols is 1. The van der Waals surface area contributed by atoms with Crippen LogP contribution in [0, 0.1) is 0 Å². The lowest BCUT2D eigenvalue weighted by Crippen LogP contribution is -2.21. The molecule has 0 saturated heterocycles. The summed E-state index contributed by atoms with van der Waals surface area (Å²) < 4.78 is 27.9. The van der Waals surface area contributed by atoms with E-state index in [4.69, 9.17) is 21.4 Å². The van der Waals surface area contributed by atoms with Gasteiger partial charge in [-0.1, -0.05) is 11.6 Å². The summed E-state index contributed by atoms with van der Waals surface area (Å²) in [5.74, 6) is -1.43. The van der Waals surface area contributed by atoms with Gasteiger partial charge in [-0.3, -0.25) is 4.79 Å². The topological polar surface area (TPSA) is 110 Å². The Balaban J connectivity index is 2.01. The molecule has 2 aromatic carbocycles. The van der Waals surface area contributed by atoms with Crippen LogP contribution in [0.15, 0.2) is 47.4 Å². The number of hydrogen-bond donors (Lipinski definition) is 2. The summed E-state index contributed by atoms with van der Waals surface area (Å²) in [5, 5.41) is 11.7. The van der Waals surface area contributed by atoms with Crippen LogP contribution in [0.2, 0.25) is 5.02 Å². The largest absolute Gasteiger partial charge is 0.508 e. The van der Waals surface area contributed by atoms with Crippen LogP contribution in [0.25, 0.3) is 0 Å². The molecule has 2 rings (SSSR count). The van der Waals surface area contributed by atoms with Crippen LogP contribution in [-0.4, -0.2) is 38.3 Å². The Hall–Kier alpha value is -2.58. The number of benzene rings is 2. The third-order valence-electron chi connectivity index (χ3n) is 3.08. The molecule has 2 N–H and O–H groups in total. The summed E-state index contributed by atoms with van der Waals surface area (Å²) in [7, 11) is -3.46. The summed E-state index contributed by atoms with van der Waals surface area (Å²) in [6.07, 6.45) is 1.03. The summed E-state index contributed by atoms with van der Waals surface area (Å²) in [5.41, 5.74) is 0.262. The first kappa shape index (κ1) is 18.8. The fraction of sp³-hybridized carbons (Fsp3) is 0.125. The van der Waals surface area contributed by atoms with Gasteiger partial charge in [-0.2, -0.15) is 0 Å². The zero-order valence-corrected chi connectivity index (χ0v) is 14.6. The van der Waals surface area contributed by atoms with E-state index in [-0.39, 0.29) is 26.9 Å². The van der Waals surface area contributed by atoms with Crippen LogP contribution in [-0.2, 0) is 19.4 Å². The predicted octanol–water partition coefficient (Wildman–Crippen LogP) is 2.24. The van der Waals surface area contributed by atoms with Crippen molar-refractivity contribution in [2.24, 2.45) is 0 Å². The maximum Gasteiger partial charge on any atom is 0.338 e. The fourth-order valence-electron chi connectivity index (χ4n) is 1.83.